The number of aromatic nitrogens is 1. The smallest absolute Gasteiger partial charge is 0.222 e. The molecule has 1 rings (SSSR count). The number of hydrogen-bond acceptors (Lipinski definition) is 4. The van der Waals surface area contributed by atoms with Crippen LogP contribution >= 0.6 is 11.3 Å². The molecule has 0 fully saturated rings. The highest BCUT2D eigenvalue weighted by Crippen LogP contribution is 2.23. The molecular weight excluding hydrogens is 258 g/mol. The summed E-state index contributed by atoms with van der Waals surface area (Å²) in [4.78, 5) is 16.3. The van der Waals surface area contributed by atoms with Crippen molar-refractivity contribution in [3.8, 4) is 0 Å². The Morgan fingerprint density at radius 1 is 1.42 bits per heavy atom. The highest BCUT2D eigenvalue weighted by atomic mass is 32.1. The SMILES string of the molecule is CC(C)(C)CC(N)CC(=O)NC(C)(C)c1nccs1. The van der Waals surface area contributed by atoms with Crippen molar-refractivity contribution in [1.29, 1.82) is 0 Å². The van der Waals surface area contributed by atoms with Gasteiger partial charge in [0.1, 0.15) is 5.01 Å². The second-order valence-electron chi connectivity index (χ2n) is 6.74. The van der Waals surface area contributed by atoms with Crippen molar-refractivity contribution in [1.82, 2.24) is 10.3 Å². The number of rotatable bonds is 5. The Kier molecular flexibility index (Phi) is 5.10. The fourth-order valence-corrected chi connectivity index (χ4v) is 2.80. The third-order valence-electron chi connectivity index (χ3n) is 2.74. The van der Waals surface area contributed by atoms with Gasteiger partial charge in [-0.15, -0.1) is 11.3 Å². The van der Waals surface area contributed by atoms with Crippen molar-refractivity contribution in [3.63, 3.8) is 0 Å². The molecule has 0 aliphatic rings. The Hall–Kier alpha value is -0.940. The highest BCUT2D eigenvalue weighted by Gasteiger charge is 2.26. The minimum absolute atomic E-state index is 0.0167. The maximum absolute atomic E-state index is 12.0. The van der Waals surface area contributed by atoms with Crippen molar-refractivity contribution in [2.24, 2.45) is 11.1 Å². The predicted octanol–water partition coefficient (Wildman–Crippen LogP) is 2.65. The second-order valence-corrected chi connectivity index (χ2v) is 7.63. The molecule has 0 aliphatic carbocycles. The third-order valence-corrected chi connectivity index (χ3v) is 3.84. The molecule has 1 unspecified atom stereocenters. The average molecular weight is 283 g/mol. The lowest BCUT2D eigenvalue weighted by atomic mass is 9.87. The zero-order valence-corrected chi connectivity index (χ0v) is 13.3. The largest absolute Gasteiger partial charge is 0.345 e. The first-order valence-corrected chi connectivity index (χ1v) is 7.45. The minimum atomic E-state index is -0.438. The molecule has 0 aliphatic heterocycles. The molecule has 1 aromatic heterocycles. The molecule has 0 bridgehead atoms. The lowest BCUT2D eigenvalue weighted by molar-refractivity contribution is -0.123. The van der Waals surface area contributed by atoms with Gasteiger partial charge in [-0.1, -0.05) is 20.8 Å². The van der Waals surface area contributed by atoms with Gasteiger partial charge in [-0.2, -0.15) is 0 Å². The van der Waals surface area contributed by atoms with E-state index in [0.29, 0.717) is 6.42 Å². The number of carbonyl (C=O) groups is 1. The van der Waals surface area contributed by atoms with Gasteiger partial charge in [0.2, 0.25) is 5.91 Å². The zero-order valence-electron chi connectivity index (χ0n) is 12.5. The summed E-state index contributed by atoms with van der Waals surface area (Å²) in [5, 5.41) is 5.82. The molecule has 0 radical (unpaired) electrons. The average Bonchev–Trinajstić information content (AvgIpc) is 2.64. The van der Waals surface area contributed by atoms with Crippen LogP contribution in [0, 0.1) is 5.41 Å². The van der Waals surface area contributed by atoms with Crippen LogP contribution in [0.3, 0.4) is 0 Å². The molecular formula is C14H25N3OS. The number of carbonyl (C=O) groups excluding carboxylic acids is 1. The number of thiazole rings is 1. The van der Waals surface area contributed by atoms with E-state index >= 15 is 0 Å². The normalized spacial score (nSPS) is 14.2. The maximum atomic E-state index is 12.0. The minimum Gasteiger partial charge on any atom is -0.345 e. The highest BCUT2D eigenvalue weighted by molar-refractivity contribution is 7.09. The van der Waals surface area contributed by atoms with Gasteiger partial charge < -0.3 is 11.1 Å². The predicted molar refractivity (Wildman–Crippen MR) is 79.9 cm³/mol. The molecule has 19 heavy (non-hydrogen) atoms. The Morgan fingerprint density at radius 2 is 2.05 bits per heavy atom. The molecule has 4 nitrogen and oxygen atoms in total. The fourth-order valence-electron chi connectivity index (χ4n) is 2.08. The standard InChI is InChI=1S/C14H25N3OS/c1-13(2,3)9-10(15)8-11(18)17-14(4,5)12-16-6-7-19-12/h6-7,10H,8-9,15H2,1-5H3,(H,17,18). The molecule has 1 atom stereocenters. The van der Waals surface area contributed by atoms with E-state index in [4.69, 9.17) is 5.73 Å². The van der Waals surface area contributed by atoms with Crippen LogP contribution in [0.2, 0.25) is 0 Å². The Bertz CT molecular complexity index is 407. The summed E-state index contributed by atoms with van der Waals surface area (Å²) in [5.41, 5.74) is 5.73. The Morgan fingerprint density at radius 3 is 2.53 bits per heavy atom. The van der Waals surface area contributed by atoms with Crippen LogP contribution in [0.15, 0.2) is 11.6 Å². The quantitative estimate of drug-likeness (QED) is 0.873. The third kappa shape index (κ3) is 5.70. The van der Waals surface area contributed by atoms with Gasteiger partial charge in [0.15, 0.2) is 0 Å². The molecule has 108 valence electrons. The zero-order chi connectivity index (χ0) is 14.7. The van der Waals surface area contributed by atoms with Crippen LogP contribution in [0.25, 0.3) is 0 Å². The van der Waals surface area contributed by atoms with E-state index in [-0.39, 0.29) is 17.4 Å². The van der Waals surface area contributed by atoms with Crippen LogP contribution in [0.4, 0.5) is 0 Å². The summed E-state index contributed by atoms with van der Waals surface area (Å²) in [6.07, 6.45) is 2.93. The van der Waals surface area contributed by atoms with E-state index in [2.05, 4.69) is 31.1 Å². The lowest BCUT2D eigenvalue weighted by Gasteiger charge is -2.26. The van der Waals surface area contributed by atoms with Gasteiger partial charge in [-0.3, -0.25) is 4.79 Å². The van der Waals surface area contributed by atoms with Crippen LogP contribution in [-0.4, -0.2) is 16.9 Å². The molecule has 5 heteroatoms. The summed E-state index contributed by atoms with van der Waals surface area (Å²) in [6.45, 7) is 10.3. The van der Waals surface area contributed by atoms with Gasteiger partial charge >= 0.3 is 0 Å². The van der Waals surface area contributed by atoms with Crippen LogP contribution in [-0.2, 0) is 10.3 Å². The lowest BCUT2D eigenvalue weighted by Crippen LogP contribution is -2.43. The van der Waals surface area contributed by atoms with Crippen LogP contribution < -0.4 is 11.1 Å². The van der Waals surface area contributed by atoms with Gasteiger partial charge in [0.05, 0.1) is 5.54 Å². The summed E-state index contributed by atoms with van der Waals surface area (Å²) < 4.78 is 0. The van der Waals surface area contributed by atoms with Crippen molar-refractivity contribution >= 4 is 17.2 Å². The first-order chi connectivity index (χ1) is 8.60. The number of nitrogens with zero attached hydrogens (tertiary/aromatic N) is 1. The summed E-state index contributed by atoms with van der Waals surface area (Å²) in [5.74, 6) is -0.0167. The Balaban J connectivity index is 2.52. The molecule has 1 aromatic rings. The van der Waals surface area contributed by atoms with Crippen molar-refractivity contribution in [2.75, 3.05) is 0 Å². The molecule has 1 amide bonds. The van der Waals surface area contributed by atoms with Gasteiger partial charge in [-0.25, -0.2) is 4.98 Å². The van der Waals surface area contributed by atoms with Crippen LogP contribution in [0.1, 0.15) is 52.5 Å². The van der Waals surface area contributed by atoms with Gasteiger partial charge in [0.25, 0.3) is 0 Å². The number of amides is 1. The summed E-state index contributed by atoms with van der Waals surface area (Å²) >= 11 is 1.54. The van der Waals surface area contributed by atoms with Gasteiger partial charge in [-0.05, 0) is 25.7 Å². The molecule has 0 spiro atoms. The van der Waals surface area contributed by atoms with Gasteiger partial charge in [0, 0.05) is 24.0 Å². The number of nitrogens with one attached hydrogen (secondary N) is 1. The summed E-state index contributed by atoms with van der Waals surface area (Å²) in [6, 6.07) is -0.105. The van der Waals surface area contributed by atoms with E-state index in [1.54, 1.807) is 17.5 Å². The topological polar surface area (TPSA) is 68.0 Å². The van der Waals surface area contributed by atoms with E-state index in [1.807, 2.05) is 19.2 Å². The van der Waals surface area contributed by atoms with Crippen molar-refractivity contribution in [3.05, 3.63) is 16.6 Å². The second kappa shape index (κ2) is 6.01. The first-order valence-electron chi connectivity index (χ1n) is 6.57. The molecule has 0 saturated carbocycles. The fraction of sp³-hybridized carbons (Fsp3) is 0.714. The van der Waals surface area contributed by atoms with E-state index in [9.17, 15) is 4.79 Å². The van der Waals surface area contributed by atoms with E-state index < -0.39 is 5.54 Å². The first kappa shape index (κ1) is 16.1. The Labute approximate surface area is 119 Å². The molecule has 0 aromatic carbocycles. The van der Waals surface area contributed by atoms with Crippen molar-refractivity contribution < 1.29 is 4.79 Å². The number of nitrogens with two attached hydrogens (primary N) is 1. The molecule has 1 heterocycles. The summed E-state index contributed by atoms with van der Waals surface area (Å²) in [7, 11) is 0. The molecule has 3 N–H and O–H groups in total. The van der Waals surface area contributed by atoms with Crippen molar-refractivity contribution in [2.45, 2.75) is 59.0 Å². The van der Waals surface area contributed by atoms with E-state index in [1.165, 1.54) is 0 Å². The monoisotopic (exact) mass is 283 g/mol. The van der Waals surface area contributed by atoms with E-state index in [0.717, 1.165) is 11.4 Å². The van der Waals surface area contributed by atoms with Crippen LogP contribution in [0.5, 0.6) is 0 Å². The maximum Gasteiger partial charge on any atom is 0.222 e. The number of hydrogen-bond donors (Lipinski definition) is 2. The molecule has 0 saturated heterocycles.